The fourth-order valence-corrected chi connectivity index (χ4v) is 3.84. The van der Waals surface area contributed by atoms with Gasteiger partial charge in [-0.15, -0.1) is 0 Å². The van der Waals surface area contributed by atoms with Crippen LogP contribution in [-0.4, -0.2) is 40.7 Å². The third-order valence-electron chi connectivity index (χ3n) is 4.61. The van der Waals surface area contributed by atoms with Gasteiger partial charge in [0.2, 0.25) is 16.0 Å². The Kier molecular flexibility index (Phi) is 4.55. The van der Waals surface area contributed by atoms with Crippen LogP contribution in [0.3, 0.4) is 0 Å². The lowest BCUT2D eigenvalue weighted by Gasteiger charge is -2.17. The molecule has 150 valence electrons. The number of fused-ring (bicyclic) bond motifs is 3. The summed E-state index contributed by atoms with van der Waals surface area (Å²) in [5.74, 6) is -0.430. The van der Waals surface area contributed by atoms with Gasteiger partial charge in [0, 0.05) is 11.8 Å². The highest BCUT2D eigenvalue weighted by Gasteiger charge is 2.31. The van der Waals surface area contributed by atoms with E-state index in [0.717, 1.165) is 5.56 Å². The van der Waals surface area contributed by atoms with Crippen LogP contribution >= 0.6 is 0 Å². The van der Waals surface area contributed by atoms with Crippen LogP contribution in [0.5, 0.6) is 0 Å². The molecular formula is C18H18N6O4S. The molecule has 2 aromatic heterocycles. The summed E-state index contributed by atoms with van der Waals surface area (Å²) in [5.41, 5.74) is 9.28. The maximum absolute atomic E-state index is 12.5. The lowest BCUT2D eigenvalue weighted by atomic mass is 9.93. The van der Waals surface area contributed by atoms with E-state index in [1.54, 1.807) is 29.9 Å². The Morgan fingerprint density at radius 1 is 1.24 bits per heavy atom. The Morgan fingerprint density at radius 2 is 1.97 bits per heavy atom. The highest BCUT2D eigenvalue weighted by atomic mass is 32.2. The van der Waals surface area contributed by atoms with Gasteiger partial charge in [-0.3, -0.25) is 0 Å². The van der Waals surface area contributed by atoms with E-state index in [1.165, 1.54) is 12.1 Å². The fourth-order valence-electron chi connectivity index (χ4n) is 3.33. The molecule has 3 aromatic rings. The number of esters is 1. The molecule has 0 aliphatic heterocycles. The van der Waals surface area contributed by atoms with E-state index in [0.29, 0.717) is 35.5 Å². The minimum absolute atomic E-state index is 0.0279. The Bertz CT molecular complexity index is 1220. The molecule has 2 heterocycles. The molecule has 0 radical (unpaired) electrons. The Morgan fingerprint density at radius 3 is 2.62 bits per heavy atom. The standard InChI is InChI=1S/C18H18N6O4S/c1-2-28-17(25)15-13-8-3-10-9-21-18(19)22-14(10)16(13)24(23-15)11-4-6-12(7-5-11)29(20,26)27/h4-7,9H,2-3,8H2,1H3,(H2,19,21,22)(H2,20,26,27). The molecule has 1 aliphatic rings. The van der Waals surface area contributed by atoms with Gasteiger partial charge >= 0.3 is 5.97 Å². The SMILES string of the molecule is CCOC(=O)c1nn(-c2ccc(S(N)(=O)=O)cc2)c2c1CCc1cnc(N)nc1-2. The average molecular weight is 414 g/mol. The average Bonchev–Trinajstić information content (AvgIpc) is 3.08. The van der Waals surface area contributed by atoms with E-state index in [4.69, 9.17) is 15.6 Å². The van der Waals surface area contributed by atoms with Gasteiger partial charge in [0.05, 0.1) is 28.6 Å². The number of anilines is 1. The van der Waals surface area contributed by atoms with Gasteiger partial charge in [-0.2, -0.15) is 5.10 Å². The van der Waals surface area contributed by atoms with Gasteiger partial charge in [-0.1, -0.05) is 0 Å². The van der Waals surface area contributed by atoms with E-state index in [9.17, 15) is 13.2 Å². The zero-order valence-electron chi connectivity index (χ0n) is 15.5. The number of aryl methyl sites for hydroxylation is 1. The number of benzene rings is 1. The van der Waals surface area contributed by atoms with E-state index < -0.39 is 16.0 Å². The molecule has 0 unspecified atom stereocenters. The molecule has 4 rings (SSSR count). The number of rotatable bonds is 4. The summed E-state index contributed by atoms with van der Waals surface area (Å²) in [5, 5.41) is 9.63. The van der Waals surface area contributed by atoms with Crippen molar-refractivity contribution in [2.75, 3.05) is 12.3 Å². The summed E-state index contributed by atoms with van der Waals surface area (Å²) in [6, 6.07) is 5.86. The zero-order valence-corrected chi connectivity index (χ0v) is 16.3. The van der Waals surface area contributed by atoms with Crippen molar-refractivity contribution in [2.45, 2.75) is 24.7 Å². The number of nitrogens with zero attached hydrogens (tertiary/aromatic N) is 4. The summed E-state index contributed by atoms with van der Waals surface area (Å²) in [7, 11) is -3.83. The highest BCUT2D eigenvalue weighted by molar-refractivity contribution is 7.89. The predicted octanol–water partition coefficient (Wildman–Crippen LogP) is 0.834. The molecule has 11 heteroatoms. The Labute approximate surface area is 166 Å². The van der Waals surface area contributed by atoms with Gasteiger partial charge in [-0.05, 0) is 49.6 Å². The van der Waals surface area contributed by atoms with E-state index in [2.05, 4.69) is 15.1 Å². The number of carbonyl (C=O) groups excluding carboxylic acids is 1. The lowest BCUT2D eigenvalue weighted by molar-refractivity contribution is 0.0517. The largest absolute Gasteiger partial charge is 0.461 e. The molecule has 1 aliphatic carbocycles. The first-order valence-electron chi connectivity index (χ1n) is 8.83. The second-order valence-corrected chi connectivity index (χ2v) is 8.01. The first-order chi connectivity index (χ1) is 13.8. The number of hydrogen-bond acceptors (Lipinski definition) is 8. The van der Waals surface area contributed by atoms with Crippen LogP contribution in [0, 0.1) is 0 Å². The Hall–Kier alpha value is -3.31. The van der Waals surface area contributed by atoms with Crippen LogP contribution in [0.25, 0.3) is 17.1 Å². The van der Waals surface area contributed by atoms with Crippen molar-refractivity contribution in [2.24, 2.45) is 5.14 Å². The van der Waals surface area contributed by atoms with E-state index in [-0.39, 0.29) is 23.1 Å². The third kappa shape index (κ3) is 3.34. The minimum Gasteiger partial charge on any atom is -0.461 e. The van der Waals surface area contributed by atoms with Crippen LogP contribution in [0.4, 0.5) is 5.95 Å². The van der Waals surface area contributed by atoms with Gasteiger partial charge in [-0.25, -0.2) is 33.0 Å². The molecule has 0 saturated carbocycles. The summed E-state index contributed by atoms with van der Waals surface area (Å²) >= 11 is 0. The van der Waals surface area contributed by atoms with Crippen molar-refractivity contribution in [3.63, 3.8) is 0 Å². The number of nitrogen functional groups attached to an aromatic ring is 1. The quantitative estimate of drug-likeness (QED) is 0.595. The second kappa shape index (κ2) is 6.94. The van der Waals surface area contributed by atoms with Crippen molar-refractivity contribution >= 4 is 21.9 Å². The second-order valence-electron chi connectivity index (χ2n) is 6.45. The fraction of sp³-hybridized carbons (Fsp3) is 0.222. The minimum atomic E-state index is -3.83. The number of ether oxygens (including phenoxy) is 1. The molecule has 29 heavy (non-hydrogen) atoms. The number of primary sulfonamides is 1. The van der Waals surface area contributed by atoms with Crippen LogP contribution < -0.4 is 10.9 Å². The Balaban J connectivity index is 1.94. The number of nitrogens with two attached hydrogens (primary N) is 2. The van der Waals surface area contributed by atoms with Gasteiger partial charge in [0.15, 0.2) is 5.69 Å². The predicted molar refractivity (Wildman–Crippen MR) is 104 cm³/mol. The summed E-state index contributed by atoms with van der Waals surface area (Å²) in [6.45, 7) is 1.94. The van der Waals surface area contributed by atoms with Gasteiger partial charge < -0.3 is 10.5 Å². The van der Waals surface area contributed by atoms with Crippen molar-refractivity contribution in [3.8, 4) is 17.1 Å². The number of hydrogen-bond donors (Lipinski definition) is 2. The molecular weight excluding hydrogens is 396 g/mol. The topological polar surface area (TPSA) is 156 Å². The summed E-state index contributed by atoms with van der Waals surface area (Å²) in [4.78, 5) is 20.8. The summed E-state index contributed by atoms with van der Waals surface area (Å²) < 4.78 is 29.8. The lowest BCUT2D eigenvalue weighted by Crippen LogP contribution is -2.13. The van der Waals surface area contributed by atoms with Gasteiger partial charge in [0.1, 0.15) is 0 Å². The number of sulfonamides is 1. The van der Waals surface area contributed by atoms with Crippen LogP contribution in [0.15, 0.2) is 35.4 Å². The van der Waals surface area contributed by atoms with Crippen molar-refractivity contribution in [1.29, 1.82) is 0 Å². The molecule has 0 spiro atoms. The van der Waals surface area contributed by atoms with Crippen molar-refractivity contribution in [1.82, 2.24) is 19.7 Å². The normalized spacial score (nSPS) is 12.9. The maximum atomic E-state index is 12.5. The molecule has 0 saturated heterocycles. The van der Waals surface area contributed by atoms with E-state index >= 15 is 0 Å². The molecule has 0 bridgehead atoms. The third-order valence-corrected chi connectivity index (χ3v) is 5.54. The van der Waals surface area contributed by atoms with Crippen molar-refractivity contribution < 1.29 is 17.9 Å². The molecule has 0 atom stereocenters. The number of carbonyl (C=O) groups is 1. The van der Waals surface area contributed by atoms with E-state index in [1.807, 2.05) is 0 Å². The molecule has 0 amide bonds. The summed E-state index contributed by atoms with van der Waals surface area (Å²) in [6.07, 6.45) is 2.84. The van der Waals surface area contributed by atoms with Crippen molar-refractivity contribution in [3.05, 3.63) is 47.3 Å². The first kappa shape index (κ1) is 19.0. The van der Waals surface area contributed by atoms with Gasteiger partial charge in [0.25, 0.3) is 0 Å². The number of aromatic nitrogens is 4. The monoisotopic (exact) mass is 414 g/mol. The first-order valence-corrected chi connectivity index (χ1v) is 10.4. The molecule has 10 nitrogen and oxygen atoms in total. The maximum Gasteiger partial charge on any atom is 0.359 e. The van der Waals surface area contributed by atoms with Crippen LogP contribution in [0.1, 0.15) is 28.5 Å². The molecule has 4 N–H and O–H groups in total. The molecule has 1 aromatic carbocycles. The van der Waals surface area contributed by atoms with Crippen LogP contribution in [0.2, 0.25) is 0 Å². The highest BCUT2D eigenvalue weighted by Crippen LogP contribution is 2.36. The van der Waals surface area contributed by atoms with Crippen LogP contribution in [-0.2, 0) is 27.6 Å². The smallest absolute Gasteiger partial charge is 0.359 e. The molecule has 0 fully saturated rings. The zero-order chi connectivity index (χ0) is 20.8.